The molecule has 4 heteroatoms. The Hall–Kier alpha value is -1.16. The molecule has 0 spiro atoms. The summed E-state index contributed by atoms with van der Waals surface area (Å²) in [5.41, 5.74) is 1.01. The summed E-state index contributed by atoms with van der Waals surface area (Å²) < 4.78 is 23.0. The SMILES string of the molecule is Cc1ccc(S(=O)(=O)CC[C]=O)cc1. The molecule has 0 aliphatic rings. The molecule has 1 aromatic rings. The number of rotatable bonds is 4. The topological polar surface area (TPSA) is 51.2 Å². The zero-order chi connectivity index (χ0) is 10.6. The quantitative estimate of drug-likeness (QED) is 0.753. The maximum Gasteiger partial charge on any atom is 0.199 e. The van der Waals surface area contributed by atoms with Crippen molar-refractivity contribution in [1.82, 2.24) is 0 Å². The van der Waals surface area contributed by atoms with Crippen molar-refractivity contribution in [3.05, 3.63) is 29.8 Å². The standard InChI is InChI=1S/C10H11O3S/c1-9-3-5-10(6-4-9)14(12,13)8-2-7-11/h3-6H,2,8H2,1H3. The Kier molecular flexibility index (Phi) is 3.41. The number of hydrogen-bond donors (Lipinski definition) is 0. The Labute approximate surface area is 83.7 Å². The van der Waals surface area contributed by atoms with Crippen LogP contribution in [0, 0.1) is 6.92 Å². The van der Waals surface area contributed by atoms with E-state index in [4.69, 9.17) is 0 Å². The molecule has 14 heavy (non-hydrogen) atoms. The van der Waals surface area contributed by atoms with Crippen LogP contribution in [-0.2, 0) is 14.6 Å². The number of sulfone groups is 1. The van der Waals surface area contributed by atoms with E-state index in [1.807, 2.05) is 6.92 Å². The highest BCUT2D eigenvalue weighted by molar-refractivity contribution is 7.91. The van der Waals surface area contributed by atoms with Crippen molar-refractivity contribution in [3.8, 4) is 0 Å². The van der Waals surface area contributed by atoms with E-state index in [0.717, 1.165) is 5.56 Å². The highest BCUT2D eigenvalue weighted by Crippen LogP contribution is 2.12. The van der Waals surface area contributed by atoms with Gasteiger partial charge in [-0.15, -0.1) is 0 Å². The van der Waals surface area contributed by atoms with Crippen LogP contribution in [0.1, 0.15) is 12.0 Å². The zero-order valence-corrected chi connectivity index (χ0v) is 8.67. The van der Waals surface area contributed by atoms with Crippen molar-refractivity contribution < 1.29 is 13.2 Å². The predicted molar refractivity (Wildman–Crippen MR) is 53.5 cm³/mol. The maximum absolute atomic E-state index is 11.5. The maximum atomic E-state index is 11.5. The Balaban J connectivity index is 2.93. The minimum Gasteiger partial charge on any atom is -0.291 e. The van der Waals surface area contributed by atoms with Gasteiger partial charge in [0.2, 0.25) is 0 Å². The van der Waals surface area contributed by atoms with E-state index < -0.39 is 9.84 Å². The van der Waals surface area contributed by atoms with Crippen molar-refractivity contribution >= 4 is 16.1 Å². The van der Waals surface area contributed by atoms with E-state index in [0.29, 0.717) is 0 Å². The minimum atomic E-state index is -3.30. The highest BCUT2D eigenvalue weighted by atomic mass is 32.2. The first-order valence-corrected chi connectivity index (χ1v) is 5.86. The average molecular weight is 211 g/mol. The molecule has 0 saturated heterocycles. The summed E-state index contributed by atoms with van der Waals surface area (Å²) in [6.45, 7) is 1.88. The van der Waals surface area contributed by atoms with Crippen LogP contribution >= 0.6 is 0 Å². The molecular weight excluding hydrogens is 200 g/mol. The number of hydrogen-bond acceptors (Lipinski definition) is 3. The monoisotopic (exact) mass is 211 g/mol. The van der Waals surface area contributed by atoms with Crippen LogP contribution in [0.3, 0.4) is 0 Å². The molecule has 0 aliphatic carbocycles. The molecular formula is C10H11O3S. The second kappa shape index (κ2) is 4.37. The first kappa shape index (κ1) is 10.9. The van der Waals surface area contributed by atoms with E-state index >= 15 is 0 Å². The van der Waals surface area contributed by atoms with Crippen LogP contribution < -0.4 is 0 Å². The van der Waals surface area contributed by atoms with Gasteiger partial charge in [0.25, 0.3) is 0 Å². The van der Waals surface area contributed by atoms with Crippen LogP contribution in [0.15, 0.2) is 29.2 Å². The van der Waals surface area contributed by atoms with E-state index in [2.05, 4.69) is 0 Å². The summed E-state index contributed by atoms with van der Waals surface area (Å²) in [5.74, 6) is -0.167. The van der Waals surface area contributed by atoms with Crippen LogP contribution in [0.5, 0.6) is 0 Å². The molecule has 75 valence electrons. The molecule has 1 rings (SSSR count). The summed E-state index contributed by atoms with van der Waals surface area (Å²) in [7, 11) is -3.30. The highest BCUT2D eigenvalue weighted by Gasteiger charge is 2.12. The van der Waals surface area contributed by atoms with E-state index in [1.165, 1.54) is 0 Å². The lowest BCUT2D eigenvalue weighted by Gasteiger charge is -2.01. The van der Waals surface area contributed by atoms with Crippen LogP contribution in [0.25, 0.3) is 0 Å². The Morgan fingerprint density at radius 2 is 1.79 bits per heavy atom. The van der Waals surface area contributed by atoms with Crippen molar-refractivity contribution in [2.45, 2.75) is 18.2 Å². The fourth-order valence-electron chi connectivity index (χ4n) is 1.04. The zero-order valence-electron chi connectivity index (χ0n) is 7.86. The van der Waals surface area contributed by atoms with Gasteiger partial charge in [0.1, 0.15) is 0 Å². The Morgan fingerprint density at radius 1 is 1.21 bits per heavy atom. The summed E-state index contributed by atoms with van der Waals surface area (Å²) in [6, 6.07) is 6.57. The Morgan fingerprint density at radius 3 is 2.29 bits per heavy atom. The van der Waals surface area contributed by atoms with E-state index in [1.54, 1.807) is 30.6 Å². The molecule has 0 fully saturated rings. The van der Waals surface area contributed by atoms with Gasteiger partial charge in [-0.25, -0.2) is 8.42 Å². The summed E-state index contributed by atoms with van der Waals surface area (Å²) in [6.07, 6.45) is 1.50. The second-order valence-electron chi connectivity index (χ2n) is 3.03. The summed E-state index contributed by atoms with van der Waals surface area (Å²) in [4.78, 5) is 10.2. The van der Waals surface area contributed by atoms with Gasteiger partial charge in [-0.3, -0.25) is 4.79 Å². The first-order valence-electron chi connectivity index (χ1n) is 4.21. The molecule has 0 saturated carbocycles. The van der Waals surface area contributed by atoms with Gasteiger partial charge in [-0.05, 0) is 19.1 Å². The lowest BCUT2D eigenvalue weighted by atomic mass is 10.2. The van der Waals surface area contributed by atoms with Crippen molar-refractivity contribution in [2.75, 3.05) is 5.75 Å². The van der Waals surface area contributed by atoms with Crippen molar-refractivity contribution in [3.63, 3.8) is 0 Å². The van der Waals surface area contributed by atoms with Crippen LogP contribution in [-0.4, -0.2) is 20.5 Å². The van der Waals surface area contributed by atoms with Crippen molar-refractivity contribution in [2.24, 2.45) is 0 Å². The largest absolute Gasteiger partial charge is 0.291 e. The van der Waals surface area contributed by atoms with E-state index in [-0.39, 0.29) is 17.1 Å². The van der Waals surface area contributed by atoms with Gasteiger partial charge < -0.3 is 0 Å². The third-order valence-electron chi connectivity index (χ3n) is 1.85. The molecule has 0 bridgehead atoms. The third kappa shape index (κ3) is 2.67. The smallest absolute Gasteiger partial charge is 0.199 e. The summed E-state index contributed by atoms with van der Waals surface area (Å²) in [5, 5.41) is 0. The van der Waals surface area contributed by atoms with Gasteiger partial charge in [0, 0.05) is 6.42 Å². The summed E-state index contributed by atoms with van der Waals surface area (Å²) >= 11 is 0. The average Bonchev–Trinajstić information content (AvgIpc) is 2.16. The molecule has 0 atom stereocenters. The molecule has 0 unspecified atom stereocenters. The lowest BCUT2D eigenvalue weighted by molar-refractivity contribution is 0.551. The minimum absolute atomic E-state index is 0.0732. The fraction of sp³-hybridized carbons (Fsp3) is 0.300. The molecule has 1 aromatic carbocycles. The molecule has 0 aliphatic heterocycles. The predicted octanol–water partition coefficient (Wildman–Crippen LogP) is 1.27. The van der Waals surface area contributed by atoms with Gasteiger partial charge in [-0.2, -0.15) is 0 Å². The number of carbonyl (C=O) groups excluding carboxylic acids is 1. The number of aryl methyl sites for hydroxylation is 1. The third-order valence-corrected chi connectivity index (χ3v) is 3.58. The van der Waals surface area contributed by atoms with Crippen molar-refractivity contribution in [1.29, 1.82) is 0 Å². The van der Waals surface area contributed by atoms with E-state index in [9.17, 15) is 13.2 Å². The Bertz CT molecular complexity index is 403. The molecule has 3 nitrogen and oxygen atoms in total. The van der Waals surface area contributed by atoms with Gasteiger partial charge in [0.05, 0.1) is 10.6 Å². The molecule has 1 radical (unpaired) electrons. The fourth-order valence-corrected chi connectivity index (χ4v) is 2.18. The molecule has 0 N–H and O–H groups in total. The number of benzene rings is 1. The molecule has 0 aromatic heterocycles. The second-order valence-corrected chi connectivity index (χ2v) is 5.14. The molecule has 0 amide bonds. The van der Waals surface area contributed by atoms with Crippen LogP contribution in [0.2, 0.25) is 0 Å². The van der Waals surface area contributed by atoms with Gasteiger partial charge in [0.15, 0.2) is 16.1 Å². The van der Waals surface area contributed by atoms with Gasteiger partial charge in [-0.1, -0.05) is 17.7 Å². The normalized spacial score (nSPS) is 11.2. The molecule has 0 heterocycles. The van der Waals surface area contributed by atoms with Gasteiger partial charge >= 0.3 is 0 Å². The van der Waals surface area contributed by atoms with Crippen LogP contribution in [0.4, 0.5) is 0 Å². The first-order chi connectivity index (χ1) is 6.56. The lowest BCUT2D eigenvalue weighted by Crippen LogP contribution is -2.06.